The molecule has 0 bridgehead atoms. The van der Waals surface area contributed by atoms with Gasteiger partial charge in [0.2, 0.25) is 0 Å². The Bertz CT molecular complexity index is 223. The molecule has 0 aromatic heterocycles. The quantitative estimate of drug-likeness (QED) is 0.649. The van der Waals surface area contributed by atoms with E-state index in [1.807, 2.05) is 24.3 Å². The molecule has 57 valence electrons. The number of rotatable bonds is 1. The van der Waals surface area contributed by atoms with Crippen LogP contribution in [0.1, 0.15) is 0 Å². The van der Waals surface area contributed by atoms with Gasteiger partial charge in [-0.1, -0.05) is 12.1 Å². The average Bonchev–Trinajstić information content (AvgIpc) is 2.08. The molecule has 0 aliphatic heterocycles. The van der Waals surface area contributed by atoms with Crippen LogP contribution in [0.3, 0.4) is 0 Å². The maximum absolute atomic E-state index is 8.50. The molecule has 0 heterocycles. The summed E-state index contributed by atoms with van der Waals surface area (Å²) < 4.78 is 17.0. The Balaban J connectivity index is 0.000000292. The summed E-state index contributed by atoms with van der Waals surface area (Å²) in [6.07, 6.45) is 0. The second-order valence-electron chi connectivity index (χ2n) is 1.62. The Hall–Kier alpha value is -0.449. The zero-order valence-corrected chi connectivity index (χ0v) is 9.69. The third kappa shape index (κ3) is 5.97. The van der Waals surface area contributed by atoms with Crippen LogP contribution < -0.4 is 4.98 Å². The molecule has 1 aromatic rings. The number of nitrogens with one attached hydrogen (secondary N) is 1. The fourth-order valence-corrected chi connectivity index (χ4v) is 0.887. The Morgan fingerprint density at radius 3 is 2.09 bits per heavy atom. The normalized spacial score (nSPS) is 7.27. The molecule has 11 heavy (non-hydrogen) atoms. The van der Waals surface area contributed by atoms with Gasteiger partial charge in [0.15, 0.2) is 0 Å². The third-order valence-corrected chi connectivity index (χ3v) is 1.58. The van der Waals surface area contributed by atoms with Crippen molar-refractivity contribution in [3.63, 3.8) is 0 Å². The maximum Gasteiger partial charge on any atom is 0.104 e. The molecule has 1 N–H and O–H groups in total. The van der Waals surface area contributed by atoms with Crippen molar-refractivity contribution in [2.45, 2.75) is 0 Å². The predicted octanol–water partition coefficient (Wildman–Crippen LogP) is -0.0610. The van der Waals surface area contributed by atoms with E-state index in [0.29, 0.717) is 0 Å². The van der Waals surface area contributed by atoms with Gasteiger partial charge in [-0.25, -0.2) is 0 Å². The molecule has 0 atom stereocenters. The molecule has 0 aliphatic carbocycles. The SMILES string of the molecule is [O]=[Ti]=[O].[SiH3]Nc1cc[c]cc1. The van der Waals surface area contributed by atoms with Gasteiger partial charge in [0, 0.05) is 5.69 Å². The molecule has 1 aromatic carbocycles. The minimum atomic E-state index is -2.00. The number of benzene rings is 1. The first-order chi connectivity index (χ1) is 5.35. The van der Waals surface area contributed by atoms with Crippen molar-refractivity contribution in [2.75, 3.05) is 4.98 Å². The number of hydrogen-bond acceptors (Lipinski definition) is 3. The summed E-state index contributed by atoms with van der Waals surface area (Å²) in [4.78, 5) is 3.15. The molecule has 3 nitrogen and oxygen atoms in total. The smallest absolute Gasteiger partial charge is 0.104 e. The monoisotopic (exact) mass is 202 g/mol. The molecular weight excluding hydrogens is 194 g/mol. The van der Waals surface area contributed by atoms with Crippen LogP contribution in [0.4, 0.5) is 5.69 Å². The van der Waals surface area contributed by atoms with E-state index in [9.17, 15) is 0 Å². The largest absolute Gasteiger partial charge is 0.419 e. The second-order valence-corrected chi connectivity index (χ2v) is 2.38. The van der Waals surface area contributed by atoms with Gasteiger partial charge in [-0.3, -0.25) is 0 Å². The van der Waals surface area contributed by atoms with Crippen LogP contribution in [0.2, 0.25) is 0 Å². The van der Waals surface area contributed by atoms with Crippen LogP contribution >= 0.6 is 0 Å². The van der Waals surface area contributed by atoms with E-state index in [2.05, 4.69) is 11.0 Å². The fraction of sp³-hybridized carbons (Fsp3) is 0. The van der Waals surface area contributed by atoms with E-state index in [1.54, 1.807) is 0 Å². The molecule has 1 rings (SSSR count). The first-order valence-electron chi connectivity index (χ1n) is 2.98. The van der Waals surface area contributed by atoms with Crippen LogP contribution in [0.15, 0.2) is 24.3 Å². The number of hydrogen-bond donors (Lipinski definition) is 1. The topological polar surface area (TPSA) is 46.2 Å². The van der Waals surface area contributed by atoms with E-state index in [-0.39, 0.29) is 0 Å². The summed E-state index contributed by atoms with van der Waals surface area (Å²) in [7, 11) is 1.01. The second kappa shape index (κ2) is 7.66. The van der Waals surface area contributed by atoms with Crippen LogP contribution in [0.25, 0.3) is 0 Å². The molecular formula is C6H8NO2SiTi. The number of anilines is 1. The van der Waals surface area contributed by atoms with Crippen molar-refractivity contribution in [3.8, 4) is 0 Å². The molecule has 0 fully saturated rings. The molecule has 0 aliphatic rings. The summed E-state index contributed by atoms with van der Waals surface area (Å²) in [5.41, 5.74) is 1.19. The van der Waals surface area contributed by atoms with Crippen molar-refractivity contribution in [3.05, 3.63) is 30.3 Å². The van der Waals surface area contributed by atoms with E-state index in [1.165, 1.54) is 5.69 Å². The summed E-state index contributed by atoms with van der Waals surface area (Å²) in [5, 5.41) is 0. The van der Waals surface area contributed by atoms with E-state index in [4.69, 9.17) is 6.65 Å². The average molecular weight is 202 g/mol. The summed E-state index contributed by atoms with van der Waals surface area (Å²) in [6.45, 7) is 0. The molecule has 0 spiro atoms. The fourth-order valence-electron chi connectivity index (χ4n) is 0.554. The first-order valence-corrected chi connectivity index (χ1v) is 5.25. The zero-order valence-electron chi connectivity index (χ0n) is 6.13. The van der Waals surface area contributed by atoms with Crippen LogP contribution in [-0.4, -0.2) is 10.4 Å². The Kier molecular flexibility index (Phi) is 7.34. The predicted molar refractivity (Wildman–Crippen MR) is 40.2 cm³/mol. The molecule has 5 heteroatoms. The zero-order chi connectivity index (χ0) is 8.53. The van der Waals surface area contributed by atoms with Crippen molar-refractivity contribution < 1.29 is 25.7 Å². The van der Waals surface area contributed by atoms with Crippen LogP contribution in [0.5, 0.6) is 0 Å². The summed E-state index contributed by atoms with van der Waals surface area (Å²) >= 11 is -2.00. The molecule has 0 unspecified atom stereocenters. The van der Waals surface area contributed by atoms with Gasteiger partial charge in [0.05, 0.1) is 0 Å². The Morgan fingerprint density at radius 2 is 1.82 bits per heavy atom. The molecule has 0 saturated carbocycles. The van der Waals surface area contributed by atoms with Gasteiger partial charge in [0.1, 0.15) is 10.4 Å². The van der Waals surface area contributed by atoms with Gasteiger partial charge in [-0.15, -0.1) is 0 Å². The van der Waals surface area contributed by atoms with Gasteiger partial charge >= 0.3 is 25.7 Å². The van der Waals surface area contributed by atoms with Gasteiger partial charge in [0.25, 0.3) is 0 Å². The van der Waals surface area contributed by atoms with Crippen molar-refractivity contribution >= 4 is 16.1 Å². The molecule has 1 radical (unpaired) electrons. The van der Waals surface area contributed by atoms with Gasteiger partial charge in [-0.2, -0.15) is 0 Å². The van der Waals surface area contributed by atoms with Gasteiger partial charge < -0.3 is 4.98 Å². The van der Waals surface area contributed by atoms with Crippen LogP contribution in [0, 0.1) is 6.07 Å². The molecule has 0 amide bonds. The van der Waals surface area contributed by atoms with Crippen LogP contribution in [-0.2, 0) is 25.7 Å². The van der Waals surface area contributed by atoms with E-state index >= 15 is 0 Å². The third-order valence-electron chi connectivity index (χ3n) is 1.01. The first kappa shape index (κ1) is 10.6. The minimum absolute atomic E-state index is 1.01. The van der Waals surface area contributed by atoms with E-state index in [0.717, 1.165) is 10.4 Å². The maximum atomic E-state index is 8.50. The summed E-state index contributed by atoms with van der Waals surface area (Å²) in [6, 6.07) is 10.8. The Labute approximate surface area is 77.3 Å². The van der Waals surface area contributed by atoms with E-state index < -0.39 is 19.1 Å². The minimum Gasteiger partial charge on any atom is -0.419 e. The standard InChI is InChI=1S/C6H8NSi.2O.Ti/c8-7-6-4-2-1-3-5-6;;;/h2-5,7H,8H3;;;. The molecule has 0 saturated heterocycles. The Morgan fingerprint density at radius 1 is 1.36 bits per heavy atom. The van der Waals surface area contributed by atoms with Crippen molar-refractivity contribution in [1.29, 1.82) is 0 Å². The van der Waals surface area contributed by atoms with Gasteiger partial charge in [-0.05, 0) is 18.2 Å². The van der Waals surface area contributed by atoms with Crippen molar-refractivity contribution in [1.82, 2.24) is 0 Å². The summed E-state index contributed by atoms with van der Waals surface area (Å²) in [5.74, 6) is 0. The van der Waals surface area contributed by atoms with Crippen molar-refractivity contribution in [2.24, 2.45) is 0 Å².